The van der Waals surface area contributed by atoms with Crippen LogP contribution in [0.15, 0.2) is 0 Å². The average Bonchev–Trinajstić information content (AvgIpc) is 0.760. The van der Waals surface area contributed by atoms with Crippen LogP contribution >= 0.6 is 0 Å². The third kappa shape index (κ3) is 40.8. The first-order valence-corrected chi connectivity index (χ1v) is 48.7. The first kappa shape index (κ1) is 119. The van der Waals surface area contributed by atoms with Gasteiger partial charge in [0.1, 0.15) is 6.10 Å². The maximum absolute atomic E-state index is 12.3. The predicted octanol–water partition coefficient (Wildman–Crippen LogP) is 20.2. The smallest absolute Gasteiger partial charge is 0.306 e. The largest absolute Gasteiger partial charge is 0.462 e. The van der Waals surface area contributed by atoms with E-state index in [9.17, 15) is 50.9 Å². The molecule has 1 saturated carbocycles. The maximum atomic E-state index is 12.3. The van der Waals surface area contributed by atoms with E-state index >= 15 is 0 Å². The summed E-state index contributed by atoms with van der Waals surface area (Å²) in [7, 11) is 1.70. The Bertz CT molecular complexity index is 2820. The molecular formula is C100H203N7O17. The summed E-state index contributed by atoms with van der Waals surface area (Å²) in [6, 6.07) is 0. The molecule has 0 aromatic rings. The fourth-order valence-corrected chi connectivity index (χ4v) is 22.1. The molecular weight excluding hydrogens is 1570 g/mol. The van der Waals surface area contributed by atoms with Crippen LogP contribution in [-0.4, -0.2) is 259 Å². The van der Waals surface area contributed by atoms with Crippen LogP contribution in [-0.2, 0) is 38.6 Å². The summed E-state index contributed by atoms with van der Waals surface area (Å²) < 4.78 is 5.81. The van der Waals surface area contributed by atoms with Crippen LogP contribution in [0, 0.1) is 5.41 Å². The lowest BCUT2D eigenvalue weighted by Crippen LogP contribution is -2.62. The third-order valence-corrected chi connectivity index (χ3v) is 25.5. The molecule has 7 aliphatic heterocycles. The predicted molar refractivity (Wildman–Crippen MR) is 505 cm³/mol. The summed E-state index contributed by atoms with van der Waals surface area (Å²) in [5.41, 5.74) is -4.00. The van der Waals surface area contributed by atoms with Crippen LogP contribution in [0.5, 0.6) is 0 Å². The number of aliphatic hydroxyl groups is 8. The monoisotopic (exact) mass is 1770 g/mol. The number of rotatable bonds is 27. The molecule has 8 rings (SSSR count). The zero-order chi connectivity index (χ0) is 96.1. The van der Waals surface area contributed by atoms with Crippen molar-refractivity contribution in [2.24, 2.45) is 5.41 Å². The molecule has 0 unspecified atom stereocenters. The van der Waals surface area contributed by atoms with E-state index in [1.807, 2.05) is 42.9 Å². The van der Waals surface area contributed by atoms with Crippen molar-refractivity contribution in [3.63, 3.8) is 0 Å². The van der Waals surface area contributed by atoms with Crippen molar-refractivity contribution >= 4 is 5.97 Å². The minimum atomic E-state index is -0.882. The van der Waals surface area contributed by atoms with Gasteiger partial charge in [0.25, 0.3) is 0 Å². The van der Waals surface area contributed by atoms with Crippen LogP contribution in [0.25, 0.3) is 0 Å². The summed E-state index contributed by atoms with van der Waals surface area (Å²) >= 11 is 0. The second-order valence-corrected chi connectivity index (χ2v) is 50.0. The lowest BCUT2D eigenvalue weighted by molar-refractivity contribution is -0.317. The second-order valence-electron chi connectivity index (χ2n) is 50.0. The number of esters is 1. The molecule has 0 atom stereocenters. The summed E-state index contributed by atoms with van der Waals surface area (Å²) in [4.78, 5) is 47.9. The van der Waals surface area contributed by atoms with E-state index in [2.05, 4.69) is 216 Å². The molecule has 9 N–H and O–H groups in total. The highest BCUT2D eigenvalue weighted by atomic mass is 16.7. The molecule has 0 bridgehead atoms. The van der Waals surface area contributed by atoms with Crippen LogP contribution in [0.2, 0.25) is 0 Å². The molecule has 8 aliphatic rings. The van der Waals surface area contributed by atoms with Crippen molar-refractivity contribution in [3.05, 3.63) is 0 Å². The number of piperidine rings is 7. The fourth-order valence-electron chi connectivity index (χ4n) is 22.1. The van der Waals surface area contributed by atoms with Gasteiger partial charge in [0, 0.05) is 96.8 Å². The Morgan fingerprint density at radius 1 is 0.315 bits per heavy atom. The van der Waals surface area contributed by atoms with Gasteiger partial charge in [0.15, 0.2) is 0 Å². The lowest BCUT2D eigenvalue weighted by atomic mass is 9.80. The summed E-state index contributed by atoms with van der Waals surface area (Å²) in [6.07, 6.45) is 30.7. The second kappa shape index (κ2) is 48.2. The topological polar surface area (TPSA) is 286 Å². The van der Waals surface area contributed by atoms with Gasteiger partial charge < -0.3 is 55.6 Å². The molecule has 8 fully saturated rings. The van der Waals surface area contributed by atoms with Gasteiger partial charge in [0.2, 0.25) is 0 Å². The van der Waals surface area contributed by atoms with Gasteiger partial charge in [0.05, 0.1) is 87.5 Å². The molecule has 24 nitrogen and oxygen atoms in total. The number of unbranched alkanes of at least 4 members (excludes halogenated alkanes) is 10. The highest BCUT2D eigenvalue weighted by molar-refractivity contribution is 5.69. The van der Waals surface area contributed by atoms with E-state index in [4.69, 9.17) is 33.8 Å². The van der Waals surface area contributed by atoms with Crippen molar-refractivity contribution in [1.82, 2.24) is 35.4 Å². The number of hydrogen-bond donors (Lipinski definition) is 9. The summed E-state index contributed by atoms with van der Waals surface area (Å²) in [5.74, 6) is -0.0760. The SMILES string of the molecule is CC(C)(C)CON1C(C)(C)CC(O)CC1(C)C.CC(C)(O)CON1C(C)(C)CC(O)CC1(C)C.CC1(C)CC(O)CC(C)(C)N1O.CC1(C)CC(O)CC(C)(C)N1OC1CCCCC1.CCCCCCCCC(=O)OC1CC(C)(C)N(OCC(C)(C)O)C(C)(C)C1.CCCCCCCCON1C(C)(C)CC(O)CC1(C)C.CON1C(C)(C)CC(O)CC1(C)C. The van der Waals surface area contributed by atoms with Gasteiger partial charge in [-0.05, 0) is 330 Å². The van der Waals surface area contributed by atoms with Crippen molar-refractivity contribution in [2.45, 2.75) is 599 Å². The van der Waals surface area contributed by atoms with Crippen LogP contribution in [0.3, 0.4) is 0 Å². The van der Waals surface area contributed by atoms with Crippen molar-refractivity contribution in [1.29, 1.82) is 0 Å². The summed E-state index contributed by atoms with van der Waals surface area (Å²) in [6.45, 7) is 78.7. The minimum absolute atomic E-state index is 0.0760. The zero-order valence-corrected chi connectivity index (χ0v) is 87.5. The quantitative estimate of drug-likeness (QED) is 0.0273. The Kier molecular flexibility index (Phi) is 46.1. The first-order chi connectivity index (χ1) is 55.9. The molecule has 124 heavy (non-hydrogen) atoms. The van der Waals surface area contributed by atoms with Crippen LogP contribution < -0.4 is 0 Å². The molecule has 0 aromatic heterocycles. The van der Waals surface area contributed by atoms with Crippen LogP contribution in [0.1, 0.15) is 462 Å². The van der Waals surface area contributed by atoms with Gasteiger partial charge in [-0.1, -0.05) is 118 Å². The number of hydroxylamine groups is 14. The van der Waals surface area contributed by atoms with E-state index < -0.39 is 11.2 Å². The molecule has 740 valence electrons. The average molecular weight is 1780 g/mol. The zero-order valence-electron chi connectivity index (χ0n) is 87.5. The Labute approximate surface area is 760 Å². The highest BCUT2D eigenvalue weighted by Crippen LogP contribution is 2.46. The van der Waals surface area contributed by atoms with E-state index in [1.165, 1.54) is 95.0 Å². The lowest BCUT2D eigenvalue weighted by Gasteiger charge is -2.54. The highest BCUT2D eigenvalue weighted by Gasteiger charge is 2.54. The molecule has 7 heterocycles. The number of aliphatic hydroxyl groups excluding tert-OH is 6. The first-order valence-electron chi connectivity index (χ1n) is 48.7. The standard InChI is InChI=1S/C22H43NO4.C17H35NO2.C15H29NO2.C14H29NO2.C13H27NO3.C10H21NO2.C9H19NO2/c1-8-9-10-11-12-13-14-19(24)27-18-15-20(2,3)23(21(4,5)16-18)26-17-22(6,7)25;1-6-7-8-9-10-11-12-20-18-16(2,3)13-15(19)14-17(18,4)5;1-14(2)10-12(17)11-15(3,4)16(14)18-13-8-6-5-7-9-13;1-12(2,3)10-17-15-13(4,5)8-11(16)9-14(15,6)7;1-11(2)7-10(15)8-12(3,4)14(11)17-9-13(5,6)16;1-9(2)6-8(12)7-10(3,4)11(9)13-5;1-8(2)5-7(11)6-9(3,4)10(8)12/h18,25H,8-17H2,1-7H3;15,19H,6-14H2,1-5H3;12-13,17H,5-11H2,1-4H3;11,16H,8-10H2,1-7H3;10,15-16H,7-9H2,1-6H3;8,12H,6-7H2,1-5H3;7,11-12H,5-6H2,1-4H3. The van der Waals surface area contributed by atoms with Gasteiger partial charge in [-0.15, -0.1) is 0 Å². The minimum Gasteiger partial charge on any atom is -0.462 e. The molecule has 0 radical (unpaired) electrons. The van der Waals surface area contributed by atoms with Crippen molar-refractivity contribution in [3.8, 4) is 0 Å². The molecule has 24 heteroatoms. The Balaban J connectivity index is 0.000000497. The van der Waals surface area contributed by atoms with E-state index in [1.54, 1.807) is 34.8 Å². The molecule has 1 aliphatic carbocycles. The molecule has 0 aromatic carbocycles. The Hall–Kier alpha value is -1.41. The normalized spacial score (nSPS) is 25.8. The van der Waals surface area contributed by atoms with Gasteiger partial charge in [-0.2, -0.15) is 35.4 Å². The van der Waals surface area contributed by atoms with Gasteiger partial charge in [-0.25, -0.2) is 0 Å². The van der Waals surface area contributed by atoms with E-state index in [0.29, 0.717) is 44.8 Å². The summed E-state index contributed by atoms with van der Waals surface area (Å²) in [5, 5.41) is 102. The number of carbonyl (C=O) groups is 1. The molecule has 0 spiro atoms. The van der Waals surface area contributed by atoms with E-state index in [-0.39, 0.29) is 145 Å². The van der Waals surface area contributed by atoms with Crippen molar-refractivity contribution < 1.29 is 84.6 Å². The number of carbonyl (C=O) groups excluding carboxylic acids is 1. The van der Waals surface area contributed by atoms with Crippen LogP contribution in [0.4, 0.5) is 0 Å². The van der Waals surface area contributed by atoms with Gasteiger partial charge >= 0.3 is 5.97 Å². The van der Waals surface area contributed by atoms with Gasteiger partial charge in [-0.3, -0.25) is 29.0 Å². The molecule has 0 amide bonds. The van der Waals surface area contributed by atoms with E-state index in [0.717, 1.165) is 90.1 Å². The Morgan fingerprint density at radius 2 is 0.565 bits per heavy atom. The fraction of sp³-hybridized carbons (Fsp3) is 0.990. The maximum Gasteiger partial charge on any atom is 0.306 e. The Morgan fingerprint density at radius 3 is 0.855 bits per heavy atom. The van der Waals surface area contributed by atoms with Crippen molar-refractivity contribution in [2.75, 3.05) is 33.5 Å². The number of hydrogen-bond acceptors (Lipinski definition) is 24. The third-order valence-electron chi connectivity index (χ3n) is 25.5. The number of nitrogens with zero attached hydrogens (tertiary/aromatic N) is 7. The molecule has 7 saturated heterocycles. The number of ether oxygens (including phenoxy) is 1.